The zero-order chi connectivity index (χ0) is 23.1. The zero-order valence-electron chi connectivity index (χ0n) is 17.5. The molecule has 0 saturated carbocycles. The van der Waals surface area contributed by atoms with Gasteiger partial charge in [-0.25, -0.2) is 4.68 Å². The smallest absolute Gasteiger partial charge is 0.277 e. The molecule has 0 unspecified atom stereocenters. The average molecular weight is 466 g/mol. The van der Waals surface area contributed by atoms with Gasteiger partial charge in [-0.2, -0.15) is 5.10 Å². The Balaban J connectivity index is 1.51. The van der Waals surface area contributed by atoms with Crippen molar-refractivity contribution in [2.75, 3.05) is 36.1 Å². The fraction of sp³-hybridized carbons (Fsp3) is 0.217. The molecule has 0 radical (unpaired) electrons. The minimum atomic E-state index is -0.687. The number of hydrogen-bond acceptors (Lipinski definition) is 5. The molecule has 1 saturated heterocycles. The molecule has 2 aliphatic rings. The molecule has 0 spiro atoms. The number of ether oxygens (including phenoxy) is 1. The van der Waals surface area contributed by atoms with Crippen molar-refractivity contribution in [3.63, 3.8) is 0 Å². The fourth-order valence-electron chi connectivity index (χ4n) is 4.20. The van der Waals surface area contributed by atoms with Gasteiger partial charge in [-0.3, -0.25) is 14.4 Å². The van der Waals surface area contributed by atoms with Crippen molar-refractivity contribution < 1.29 is 19.1 Å². The molecule has 5 rings (SSSR count). The molecular formula is C23H20ClN5O4. The van der Waals surface area contributed by atoms with Crippen LogP contribution in [0.15, 0.2) is 48.5 Å². The topological polar surface area (TPSA) is 111 Å². The third kappa shape index (κ3) is 3.75. The maximum Gasteiger partial charge on any atom is 0.277 e. The molecule has 0 bridgehead atoms. The number of carbonyl (C=O) groups excluding carboxylic acids is 3. The monoisotopic (exact) mass is 465 g/mol. The Bertz CT molecular complexity index is 1270. The molecule has 2 N–H and O–H groups in total. The van der Waals surface area contributed by atoms with Crippen molar-refractivity contribution in [1.82, 2.24) is 9.78 Å². The van der Waals surface area contributed by atoms with Gasteiger partial charge in [0.15, 0.2) is 5.69 Å². The van der Waals surface area contributed by atoms with Crippen LogP contribution < -0.4 is 15.5 Å². The van der Waals surface area contributed by atoms with Gasteiger partial charge in [0.2, 0.25) is 0 Å². The van der Waals surface area contributed by atoms with Crippen molar-refractivity contribution in [3.8, 4) is 5.69 Å². The molecule has 2 aliphatic heterocycles. The Kier molecular flexibility index (Phi) is 5.35. The lowest BCUT2D eigenvalue weighted by Crippen LogP contribution is -2.41. The summed E-state index contributed by atoms with van der Waals surface area (Å²) in [6.45, 7) is 1.39. The van der Waals surface area contributed by atoms with Gasteiger partial charge < -0.3 is 20.3 Å². The first-order chi connectivity index (χ1) is 15.9. The fourth-order valence-corrected chi connectivity index (χ4v) is 4.39. The van der Waals surface area contributed by atoms with Crippen LogP contribution in [0.5, 0.6) is 0 Å². The van der Waals surface area contributed by atoms with E-state index in [0.29, 0.717) is 48.1 Å². The van der Waals surface area contributed by atoms with Crippen LogP contribution in [0.1, 0.15) is 26.5 Å². The first-order valence-corrected chi connectivity index (χ1v) is 10.8. The second-order valence-electron chi connectivity index (χ2n) is 7.75. The highest BCUT2D eigenvalue weighted by molar-refractivity contribution is 6.30. The van der Waals surface area contributed by atoms with Crippen molar-refractivity contribution >= 4 is 40.7 Å². The summed E-state index contributed by atoms with van der Waals surface area (Å²) in [5, 5.41) is 4.82. The Morgan fingerprint density at radius 2 is 1.73 bits per heavy atom. The highest BCUT2D eigenvalue weighted by Crippen LogP contribution is 2.30. The normalized spacial score (nSPS) is 16.2. The Hall–Kier alpha value is -3.69. The number of aromatic nitrogens is 2. The number of carbonyl (C=O) groups is 3. The summed E-state index contributed by atoms with van der Waals surface area (Å²) in [7, 11) is 0. The maximum absolute atomic E-state index is 13.6. The first-order valence-electron chi connectivity index (χ1n) is 10.4. The van der Waals surface area contributed by atoms with Crippen LogP contribution in [-0.4, -0.2) is 53.8 Å². The number of fused-ring (bicyclic) bond motifs is 1. The van der Waals surface area contributed by atoms with Crippen LogP contribution in [0.2, 0.25) is 5.02 Å². The van der Waals surface area contributed by atoms with Crippen LogP contribution in [0.4, 0.5) is 11.4 Å². The second kappa shape index (κ2) is 8.34. The quantitative estimate of drug-likeness (QED) is 0.635. The van der Waals surface area contributed by atoms with E-state index in [1.165, 1.54) is 4.68 Å². The highest BCUT2D eigenvalue weighted by atomic mass is 35.5. The van der Waals surface area contributed by atoms with Crippen LogP contribution >= 0.6 is 11.6 Å². The Morgan fingerprint density at radius 3 is 2.39 bits per heavy atom. The van der Waals surface area contributed by atoms with E-state index < -0.39 is 5.91 Å². The highest BCUT2D eigenvalue weighted by Gasteiger charge is 2.34. The predicted molar refractivity (Wildman–Crippen MR) is 122 cm³/mol. The first kappa shape index (κ1) is 21.2. The molecule has 0 aliphatic carbocycles. The summed E-state index contributed by atoms with van der Waals surface area (Å²) in [6.07, 6.45) is 0.420. The van der Waals surface area contributed by atoms with E-state index in [9.17, 15) is 14.4 Å². The summed E-state index contributed by atoms with van der Waals surface area (Å²) in [5.74, 6) is -1.09. The van der Waals surface area contributed by atoms with E-state index in [4.69, 9.17) is 22.1 Å². The molecule has 9 nitrogen and oxygen atoms in total. The number of halogens is 1. The number of hydrogen-bond donors (Lipinski definition) is 1. The minimum Gasteiger partial charge on any atom is -0.370 e. The van der Waals surface area contributed by atoms with E-state index in [1.54, 1.807) is 46.2 Å². The lowest BCUT2D eigenvalue weighted by molar-refractivity contribution is -0.125. The number of benzene rings is 2. The molecule has 10 heteroatoms. The molecule has 3 amide bonds. The molecule has 1 fully saturated rings. The average Bonchev–Trinajstić information content (AvgIpc) is 3.21. The van der Waals surface area contributed by atoms with Crippen LogP contribution in [0.3, 0.4) is 0 Å². The molecule has 1 aromatic heterocycles. The van der Waals surface area contributed by atoms with Gasteiger partial charge in [0, 0.05) is 35.1 Å². The van der Waals surface area contributed by atoms with Crippen molar-refractivity contribution in [1.29, 1.82) is 0 Å². The third-order valence-electron chi connectivity index (χ3n) is 5.76. The van der Waals surface area contributed by atoms with E-state index >= 15 is 0 Å². The summed E-state index contributed by atoms with van der Waals surface area (Å²) < 4.78 is 6.61. The van der Waals surface area contributed by atoms with Gasteiger partial charge in [-0.05, 0) is 48.9 Å². The summed E-state index contributed by atoms with van der Waals surface area (Å²) in [4.78, 5) is 41.0. The SMILES string of the molecule is NC(=O)c1nn(-c2cccc(Cl)c2)c2c1CCN(c1ccc(N3CCOCC3=O)cc1)C2=O. The summed E-state index contributed by atoms with van der Waals surface area (Å²) in [6, 6.07) is 14.1. The molecule has 168 valence electrons. The van der Waals surface area contributed by atoms with Crippen molar-refractivity contribution in [2.45, 2.75) is 6.42 Å². The van der Waals surface area contributed by atoms with E-state index in [-0.39, 0.29) is 29.8 Å². The number of morpholine rings is 1. The zero-order valence-corrected chi connectivity index (χ0v) is 18.3. The number of primary amides is 1. The largest absolute Gasteiger partial charge is 0.370 e. The van der Waals surface area contributed by atoms with Crippen molar-refractivity contribution in [3.05, 3.63) is 70.5 Å². The van der Waals surface area contributed by atoms with E-state index in [2.05, 4.69) is 5.10 Å². The molecular weight excluding hydrogens is 446 g/mol. The minimum absolute atomic E-state index is 0.0603. The van der Waals surface area contributed by atoms with Gasteiger partial charge in [-0.1, -0.05) is 17.7 Å². The summed E-state index contributed by atoms with van der Waals surface area (Å²) >= 11 is 6.13. The number of anilines is 2. The Morgan fingerprint density at radius 1 is 1.00 bits per heavy atom. The van der Waals surface area contributed by atoms with Gasteiger partial charge in [-0.15, -0.1) is 0 Å². The van der Waals surface area contributed by atoms with Crippen LogP contribution in [-0.2, 0) is 16.0 Å². The predicted octanol–water partition coefficient (Wildman–Crippen LogP) is 2.19. The standard InChI is InChI=1S/C23H20ClN5O4/c24-14-2-1-3-17(12-14)29-21-18(20(26-29)22(25)31)8-9-28(23(21)32)16-6-4-15(5-7-16)27-10-11-33-13-19(27)30/h1-7,12H,8-11,13H2,(H2,25,31). The lowest BCUT2D eigenvalue weighted by Gasteiger charge is -2.29. The molecule has 2 aromatic carbocycles. The molecule has 3 heterocycles. The molecule has 0 atom stereocenters. The number of rotatable bonds is 4. The molecule has 33 heavy (non-hydrogen) atoms. The number of nitrogens with zero attached hydrogens (tertiary/aromatic N) is 4. The van der Waals surface area contributed by atoms with Gasteiger partial charge >= 0.3 is 0 Å². The third-order valence-corrected chi connectivity index (χ3v) is 6.00. The van der Waals surface area contributed by atoms with Gasteiger partial charge in [0.05, 0.1) is 12.3 Å². The van der Waals surface area contributed by atoms with Crippen LogP contribution in [0, 0.1) is 0 Å². The number of nitrogens with two attached hydrogens (primary N) is 1. The van der Waals surface area contributed by atoms with Gasteiger partial charge in [0.25, 0.3) is 17.7 Å². The van der Waals surface area contributed by atoms with E-state index in [0.717, 1.165) is 5.69 Å². The van der Waals surface area contributed by atoms with Gasteiger partial charge in [0.1, 0.15) is 12.3 Å². The lowest BCUT2D eigenvalue weighted by atomic mass is 10.0. The summed E-state index contributed by atoms with van der Waals surface area (Å²) in [5.41, 5.74) is 8.42. The Labute approximate surface area is 194 Å². The maximum atomic E-state index is 13.6. The second-order valence-corrected chi connectivity index (χ2v) is 8.19. The van der Waals surface area contributed by atoms with Crippen molar-refractivity contribution in [2.24, 2.45) is 5.73 Å². The van der Waals surface area contributed by atoms with E-state index in [1.807, 2.05) is 12.1 Å². The van der Waals surface area contributed by atoms with Crippen LogP contribution in [0.25, 0.3) is 5.69 Å². The number of amides is 3. The molecule has 3 aromatic rings.